The molecule has 1 unspecified atom stereocenters. The highest BCUT2D eigenvalue weighted by molar-refractivity contribution is 5.85. The first kappa shape index (κ1) is 24.0. The van der Waals surface area contributed by atoms with Crippen LogP contribution in [0.4, 0.5) is 0 Å². The molecular weight excluding hydrogens is 345 g/mol. The zero-order chi connectivity index (χ0) is 15.9. The van der Waals surface area contributed by atoms with Crippen molar-refractivity contribution in [3.05, 3.63) is 0 Å². The molecule has 4 nitrogen and oxygen atoms in total. The second-order valence-corrected chi connectivity index (χ2v) is 7.81. The monoisotopic (exact) mass is 381 g/mol. The molecule has 0 radical (unpaired) electrons. The summed E-state index contributed by atoms with van der Waals surface area (Å²) in [5, 5.41) is 6.68. The molecule has 2 saturated heterocycles. The van der Waals surface area contributed by atoms with Crippen LogP contribution in [0.1, 0.15) is 52.9 Å². The number of amides is 1. The Kier molecular flexibility index (Phi) is 12.3. The number of piperidine rings is 2. The molecule has 0 bridgehead atoms. The molecule has 144 valence electrons. The molecule has 1 amide bonds. The third kappa shape index (κ3) is 8.37. The topological polar surface area (TPSA) is 44.4 Å². The van der Waals surface area contributed by atoms with Gasteiger partial charge < -0.3 is 15.5 Å². The van der Waals surface area contributed by atoms with E-state index in [0.29, 0.717) is 18.4 Å². The molecule has 0 spiro atoms. The molecule has 0 aromatic carbocycles. The molecule has 0 aromatic heterocycles. The van der Waals surface area contributed by atoms with Crippen molar-refractivity contribution < 1.29 is 4.79 Å². The van der Waals surface area contributed by atoms with Gasteiger partial charge in [0.05, 0.1) is 0 Å². The molecule has 2 N–H and O–H groups in total. The highest BCUT2D eigenvalue weighted by atomic mass is 35.5. The fourth-order valence-corrected chi connectivity index (χ4v) is 3.94. The van der Waals surface area contributed by atoms with E-state index in [2.05, 4.69) is 36.3 Å². The number of hydrogen-bond acceptors (Lipinski definition) is 3. The summed E-state index contributed by atoms with van der Waals surface area (Å²) in [4.78, 5) is 14.8. The first-order valence-electron chi connectivity index (χ1n) is 9.27. The first-order valence-corrected chi connectivity index (χ1v) is 9.27. The van der Waals surface area contributed by atoms with Crippen LogP contribution in [0.5, 0.6) is 0 Å². The van der Waals surface area contributed by atoms with Gasteiger partial charge in [-0.25, -0.2) is 0 Å². The maximum Gasteiger partial charge on any atom is 0.220 e. The number of rotatable bonds is 6. The molecule has 2 heterocycles. The minimum Gasteiger partial charge on any atom is -0.353 e. The van der Waals surface area contributed by atoms with Crippen LogP contribution in [0.25, 0.3) is 0 Å². The van der Waals surface area contributed by atoms with Crippen LogP contribution >= 0.6 is 24.8 Å². The van der Waals surface area contributed by atoms with Gasteiger partial charge in [-0.05, 0) is 56.5 Å². The molecule has 2 aliphatic rings. The fourth-order valence-electron chi connectivity index (χ4n) is 3.94. The van der Waals surface area contributed by atoms with Gasteiger partial charge in [0.15, 0.2) is 0 Å². The first-order chi connectivity index (χ1) is 10.5. The molecule has 1 atom stereocenters. The lowest BCUT2D eigenvalue weighted by molar-refractivity contribution is -0.123. The summed E-state index contributed by atoms with van der Waals surface area (Å²) >= 11 is 0. The van der Waals surface area contributed by atoms with Gasteiger partial charge in [0.1, 0.15) is 0 Å². The minimum atomic E-state index is 0. The fraction of sp³-hybridized carbons (Fsp3) is 0.944. The lowest BCUT2D eigenvalue weighted by Crippen LogP contribution is -2.46. The van der Waals surface area contributed by atoms with Crippen molar-refractivity contribution in [1.29, 1.82) is 0 Å². The Morgan fingerprint density at radius 3 is 2.21 bits per heavy atom. The van der Waals surface area contributed by atoms with E-state index in [0.717, 1.165) is 50.9 Å². The van der Waals surface area contributed by atoms with Gasteiger partial charge in [0.25, 0.3) is 0 Å². The minimum absolute atomic E-state index is 0. The van der Waals surface area contributed by atoms with Gasteiger partial charge in [0.2, 0.25) is 5.91 Å². The highest BCUT2D eigenvalue weighted by Gasteiger charge is 2.24. The Bertz CT molecular complexity index is 341. The Balaban J connectivity index is 0.00000264. The number of halogens is 2. The predicted octanol–water partition coefficient (Wildman–Crippen LogP) is 3.09. The zero-order valence-electron chi connectivity index (χ0n) is 15.6. The maximum absolute atomic E-state index is 12.3. The van der Waals surface area contributed by atoms with Gasteiger partial charge in [-0.2, -0.15) is 0 Å². The van der Waals surface area contributed by atoms with E-state index in [1.54, 1.807) is 0 Å². The molecule has 2 rings (SSSR count). The van der Waals surface area contributed by atoms with Crippen LogP contribution in [0, 0.1) is 17.8 Å². The molecule has 6 heteroatoms. The summed E-state index contributed by atoms with van der Waals surface area (Å²) in [5.41, 5.74) is 0. The van der Waals surface area contributed by atoms with Crippen LogP contribution in [0.3, 0.4) is 0 Å². The molecule has 0 aromatic rings. The molecule has 0 aliphatic carbocycles. The van der Waals surface area contributed by atoms with Crippen molar-refractivity contribution in [2.45, 2.75) is 58.9 Å². The quantitative estimate of drug-likeness (QED) is 0.742. The van der Waals surface area contributed by atoms with Crippen LogP contribution in [-0.2, 0) is 4.79 Å². The molecule has 24 heavy (non-hydrogen) atoms. The van der Waals surface area contributed by atoms with E-state index in [1.807, 2.05) is 0 Å². The van der Waals surface area contributed by atoms with Crippen molar-refractivity contribution in [2.75, 3.05) is 32.7 Å². The van der Waals surface area contributed by atoms with Crippen molar-refractivity contribution >= 4 is 30.7 Å². The normalized spacial score (nSPS) is 21.7. The largest absolute Gasteiger partial charge is 0.353 e. The molecular formula is C18H37Cl2N3O. The van der Waals surface area contributed by atoms with E-state index >= 15 is 0 Å². The average molecular weight is 382 g/mol. The number of nitrogens with one attached hydrogen (secondary N) is 2. The number of carbonyl (C=O) groups excluding carboxylic acids is 1. The van der Waals surface area contributed by atoms with Crippen LogP contribution < -0.4 is 10.6 Å². The van der Waals surface area contributed by atoms with Gasteiger partial charge in [-0.1, -0.05) is 20.8 Å². The summed E-state index contributed by atoms with van der Waals surface area (Å²) in [6.45, 7) is 12.5. The standard InChI is InChI=1S/C18H35N3O.2ClH/c1-14(2)13-21-10-6-17(7-11-21)20-18(22)12-15(3)16-4-8-19-9-5-16;;/h14-17,19H,4-13H2,1-3H3,(H,20,22);2*1H. The molecule has 2 fully saturated rings. The average Bonchev–Trinajstić information content (AvgIpc) is 2.49. The lowest BCUT2D eigenvalue weighted by atomic mass is 9.84. The number of likely N-dealkylation sites (tertiary alicyclic amines) is 1. The summed E-state index contributed by atoms with van der Waals surface area (Å²) in [6.07, 6.45) is 5.38. The lowest BCUT2D eigenvalue weighted by Gasteiger charge is -2.34. The number of nitrogens with zero attached hydrogens (tertiary/aromatic N) is 1. The maximum atomic E-state index is 12.3. The van der Waals surface area contributed by atoms with E-state index < -0.39 is 0 Å². The Morgan fingerprint density at radius 1 is 1.08 bits per heavy atom. The third-order valence-electron chi connectivity index (χ3n) is 5.27. The van der Waals surface area contributed by atoms with Crippen molar-refractivity contribution in [3.8, 4) is 0 Å². The summed E-state index contributed by atoms with van der Waals surface area (Å²) in [6, 6.07) is 0.399. The van der Waals surface area contributed by atoms with E-state index in [-0.39, 0.29) is 30.7 Å². The van der Waals surface area contributed by atoms with Gasteiger partial charge in [-0.3, -0.25) is 4.79 Å². The van der Waals surface area contributed by atoms with Gasteiger partial charge in [-0.15, -0.1) is 24.8 Å². The predicted molar refractivity (Wildman–Crippen MR) is 106 cm³/mol. The van der Waals surface area contributed by atoms with Gasteiger partial charge >= 0.3 is 0 Å². The summed E-state index contributed by atoms with van der Waals surface area (Å²) < 4.78 is 0. The zero-order valence-corrected chi connectivity index (χ0v) is 17.2. The van der Waals surface area contributed by atoms with Crippen molar-refractivity contribution in [2.24, 2.45) is 17.8 Å². The second-order valence-electron chi connectivity index (χ2n) is 7.81. The smallest absolute Gasteiger partial charge is 0.220 e. The van der Waals surface area contributed by atoms with Crippen LogP contribution in [0.15, 0.2) is 0 Å². The molecule has 0 saturated carbocycles. The van der Waals surface area contributed by atoms with Crippen LogP contribution in [-0.4, -0.2) is 49.6 Å². The van der Waals surface area contributed by atoms with Crippen molar-refractivity contribution in [3.63, 3.8) is 0 Å². The Labute approximate surface area is 160 Å². The Hall–Kier alpha value is -0.0300. The molecule has 2 aliphatic heterocycles. The summed E-state index contributed by atoms with van der Waals surface area (Å²) in [7, 11) is 0. The number of hydrogen-bond donors (Lipinski definition) is 2. The van der Waals surface area contributed by atoms with Crippen LogP contribution in [0.2, 0.25) is 0 Å². The Morgan fingerprint density at radius 2 is 1.67 bits per heavy atom. The van der Waals surface area contributed by atoms with E-state index in [1.165, 1.54) is 19.4 Å². The second kappa shape index (κ2) is 12.3. The third-order valence-corrected chi connectivity index (χ3v) is 5.27. The highest BCUT2D eigenvalue weighted by Crippen LogP contribution is 2.24. The number of carbonyl (C=O) groups is 1. The van der Waals surface area contributed by atoms with E-state index in [9.17, 15) is 4.79 Å². The summed E-state index contributed by atoms with van der Waals surface area (Å²) in [5.74, 6) is 2.24. The van der Waals surface area contributed by atoms with E-state index in [4.69, 9.17) is 0 Å². The van der Waals surface area contributed by atoms with Gasteiger partial charge in [0, 0.05) is 32.1 Å². The van der Waals surface area contributed by atoms with Crippen molar-refractivity contribution in [1.82, 2.24) is 15.5 Å². The SMILES string of the molecule is CC(C)CN1CCC(NC(=O)CC(C)C2CCNCC2)CC1.Cl.Cl.